The summed E-state index contributed by atoms with van der Waals surface area (Å²) in [6.45, 7) is 0. The van der Waals surface area contributed by atoms with Gasteiger partial charge >= 0.3 is 11.8 Å². The topological polar surface area (TPSA) is 102 Å². The van der Waals surface area contributed by atoms with Crippen LogP contribution in [0.4, 0.5) is 5.69 Å². The van der Waals surface area contributed by atoms with E-state index in [1.165, 1.54) is 7.11 Å². The van der Waals surface area contributed by atoms with E-state index in [-0.39, 0.29) is 11.5 Å². The van der Waals surface area contributed by atoms with Crippen LogP contribution in [0, 0.1) is 0 Å². The lowest BCUT2D eigenvalue weighted by atomic mass is 10.2. The predicted octanol–water partition coefficient (Wildman–Crippen LogP) is -0.0630. The van der Waals surface area contributed by atoms with Crippen molar-refractivity contribution >= 4 is 27.3 Å². The van der Waals surface area contributed by atoms with E-state index in [2.05, 4.69) is 10.6 Å². The Kier molecular flexibility index (Phi) is 4.46. The van der Waals surface area contributed by atoms with Gasteiger partial charge in [0.05, 0.1) is 24.3 Å². The first-order valence-corrected chi connectivity index (χ1v) is 8.19. The molecule has 0 aliphatic carbocycles. The van der Waals surface area contributed by atoms with E-state index in [9.17, 15) is 18.0 Å². The lowest BCUT2D eigenvalue weighted by Crippen LogP contribution is -2.42. The lowest BCUT2D eigenvalue weighted by Gasteiger charge is -2.12. The molecule has 1 aromatic rings. The number of sulfone groups is 1. The monoisotopic (exact) mass is 312 g/mol. The molecular formula is C13H16N2O5S. The lowest BCUT2D eigenvalue weighted by molar-refractivity contribution is -0.136. The molecule has 2 N–H and O–H groups in total. The number of benzene rings is 1. The Bertz CT molecular complexity index is 656. The number of hydrogen-bond acceptors (Lipinski definition) is 5. The Hall–Kier alpha value is -2.09. The van der Waals surface area contributed by atoms with Crippen LogP contribution in [0.1, 0.15) is 6.42 Å². The number of carbonyl (C=O) groups is 2. The Morgan fingerprint density at radius 2 is 1.95 bits per heavy atom. The van der Waals surface area contributed by atoms with Gasteiger partial charge in [0, 0.05) is 6.04 Å². The van der Waals surface area contributed by atoms with Crippen LogP contribution >= 0.6 is 0 Å². The molecule has 1 aliphatic heterocycles. The van der Waals surface area contributed by atoms with Crippen molar-refractivity contribution in [3.63, 3.8) is 0 Å². The Morgan fingerprint density at radius 1 is 1.24 bits per heavy atom. The second-order valence-electron chi connectivity index (χ2n) is 4.73. The zero-order chi connectivity index (χ0) is 15.5. The summed E-state index contributed by atoms with van der Waals surface area (Å²) in [6, 6.07) is 6.17. The molecule has 1 aromatic carbocycles. The molecule has 21 heavy (non-hydrogen) atoms. The number of carbonyl (C=O) groups excluding carboxylic acids is 2. The van der Waals surface area contributed by atoms with Crippen molar-refractivity contribution in [2.45, 2.75) is 12.5 Å². The summed E-state index contributed by atoms with van der Waals surface area (Å²) in [6.07, 6.45) is 0.329. The summed E-state index contributed by atoms with van der Waals surface area (Å²) in [7, 11) is -1.65. The predicted molar refractivity (Wildman–Crippen MR) is 76.8 cm³/mol. The number of rotatable bonds is 3. The first-order valence-electron chi connectivity index (χ1n) is 6.36. The van der Waals surface area contributed by atoms with Gasteiger partial charge in [-0.3, -0.25) is 9.59 Å². The van der Waals surface area contributed by atoms with E-state index in [0.29, 0.717) is 17.9 Å². The molecule has 0 aromatic heterocycles. The Labute approximate surface area is 122 Å². The summed E-state index contributed by atoms with van der Waals surface area (Å²) in [4.78, 5) is 23.6. The summed E-state index contributed by atoms with van der Waals surface area (Å²) in [5.74, 6) is -1.37. The molecule has 0 bridgehead atoms. The Morgan fingerprint density at radius 3 is 2.57 bits per heavy atom. The third-order valence-corrected chi connectivity index (χ3v) is 4.90. The molecule has 114 valence electrons. The molecule has 1 aliphatic rings. The van der Waals surface area contributed by atoms with Gasteiger partial charge in [0.15, 0.2) is 9.84 Å². The first-order chi connectivity index (χ1) is 9.91. The summed E-state index contributed by atoms with van der Waals surface area (Å²) >= 11 is 0. The van der Waals surface area contributed by atoms with Gasteiger partial charge in [-0.05, 0) is 18.6 Å². The van der Waals surface area contributed by atoms with Crippen molar-refractivity contribution in [3.8, 4) is 5.75 Å². The van der Waals surface area contributed by atoms with E-state index in [4.69, 9.17) is 4.74 Å². The van der Waals surface area contributed by atoms with E-state index in [1.54, 1.807) is 24.3 Å². The third kappa shape index (κ3) is 3.94. The van der Waals surface area contributed by atoms with Crippen LogP contribution in [0.15, 0.2) is 24.3 Å². The molecule has 2 rings (SSSR count). The molecule has 2 amide bonds. The highest BCUT2D eigenvalue weighted by atomic mass is 32.2. The highest BCUT2D eigenvalue weighted by molar-refractivity contribution is 7.91. The fourth-order valence-corrected chi connectivity index (χ4v) is 3.76. The van der Waals surface area contributed by atoms with Crippen LogP contribution in [0.5, 0.6) is 5.75 Å². The van der Waals surface area contributed by atoms with Crippen LogP contribution in [-0.2, 0) is 19.4 Å². The number of nitrogens with one attached hydrogen (secondary N) is 2. The van der Waals surface area contributed by atoms with Crippen LogP contribution < -0.4 is 15.4 Å². The number of hydrogen-bond donors (Lipinski definition) is 2. The van der Waals surface area contributed by atoms with Crippen molar-refractivity contribution < 1.29 is 22.7 Å². The van der Waals surface area contributed by atoms with E-state index in [1.807, 2.05) is 0 Å². The maximum atomic E-state index is 11.8. The van der Waals surface area contributed by atoms with E-state index in [0.717, 1.165) is 0 Å². The fourth-order valence-electron chi connectivity index (χ4n) is 2.09. The number of methoxy groups -OCH3 is 1. The smallest absolute Gasteiger partial charge is 0.313 e. The minimum atomic E-state index is -3.10. The third-order valence-electron chi connectivity index (χ3n) is 3.13. The van der Waals surface area contributed by atoms with Gasteiger partial charge in [0.2, 0.25) is 0 Å². The first kappa shape index (κ1) is 15.3. The largest absolute Gasteiger partial charge is 0.495 e. The average Bonchev–Trinajstić information content (AvgIpc) is 2.78. The zero-order valence-electron chi connectivity index (χ0n) is 11.5. The molecule has 1 saturated heterocycles. The Balaban J connectivity index is 1.96. The standard InChI is InChI=1S/C13H16N2O5S/c1-20-11-5-3-2-4-10(11)15-13(17)12(16)14-9-6-7-21(18,19)8-9/h2-5,9H,6-8H2,1H3,(H,14,16)(H,15,17). The van der Waals surface area contributed by atoms with Gasteiger partial charge in [-0.2, -0.15) is 0 Å². The minimum absolute atomic E-state index is 0.0338. The highest BCUT2D eigenvalue weighted by Gasteiger charge is 2.30. The number of amides is 2. The molecule has 1 unspecified atom stereocenters. The maximum absolute atomic E-state index is 11.8. The summed E-state index contributed by atoms with van der Waals surface area (Å²) in [5.41, 5.74) is 0.374. The molecular weight excluding hydrogens is 296 g/mol. The van der Waals surface area contributed by atoms with Crippen molar-refractivity contribution in [3.05, 3.63) is 24.3 Å². The molecule has 1 heterocycles. The summed E-state index contributed by atoms with van der Waals surface area (Å²) < 4.78 is 27.7. The molecule has 0 radical (unpaired) electrons. The van der Waals surface area contributed by atoms with Crippen molar-refractivity contribution in [1.29, 1.82) is 0 Å². The van der Waals surface area contributed by atoms with Crippen LogP contribution in [0.25, 0.3) is 0 Å². The molecule has 1 fully saturated rings. The van der Waals surface area contributed by atoms with Gasteiger partial charge < -0.3 is 15.4 Å². The molecule has 8 heteroatoms. The van der Waals surface area contributed by atoms with Crippen LogP contribution in [0.2, 0.25) is 0 Å². The average molecular weight is 312 g/mol. The normalized spacial score (nSPS) is 19.8. The number of anilines is 1. The fraction of sp³-hybridized carbons (Fsp3) is 0.385. The second-order valence-corrected chi connectivity index (χ2v) is 6.96. The van der Waals surface area contributed by atoms with Crippen molar-refractivity contribution in [1.82, 2.24) is 5.32 Å². The molecule has 7 nitrogen and oxygen atoms in total. The number of ether oxygens (including phenoxy) is 1. The zero-order valence-corrected chi connectivity index (χ0v) is 12.3. The maximum Gasteiger partial charge on any atom is 0.313 e. The summed E-state index contributed by atoms with van der Waals surface area (Å²) in [5, 5.41) is 4.85. The van der Waals surface area contributed by atoms with Gasteiger partial charge in [-0.15, -0.1) is 0 Å². The highest BCUT2D eigenvalue weighted by Crippen LogP contribution is 2.22. The molecule has 1 atom stereocenters. The van der Waals surface area contributed by atoms with Gasteiger partial charge in [0.1, 0.15) is 5.75 Å². The molecule has 0 spiro atoms. The quantitative estimate of drug-likeness (QED) is 0.761. The van der Waals surface area contributed by atoms with Gasteiger partial charge in [0.25, 0.3) is 0 Å². The molecule has 0 saturated carbocycles. The van der Waals surface area contributed by atoms with E-state index >= 15 is 0 Å². The van der Waals surface area contributed by atoms with Crippen LogP contribution in [-0.4, -0.2) is 44.9 Å². The van der Waals surface area contributed by atoms with Gasteiger partial charge in [-0.25, -0.2) is 8.42 Å². The SMILES string of the molecule is COc1ccccc1NC(=O)C(=O)NC1CCS(=O)(=O)C1. The van der Waals surface area contributed by atoms with Crippen molar-refractivity contribution in [2.75, 3.05) is 23.9 Å². The van der Waals surface area contributed by atoms with Crippen LogP contribution in [0.3, 0.4) is 0 Å². The van der Waals surface area contributed by atoms with Crippen molar-refractivity contribution in [2.24, 2.45) is 0 Å². The van der Waals surface area contributed by atoms with Gasteiger partial charge in [-0.1, -0.05) is 12.1 Å². The van der Waals surface area contributed by atoms with E-state index < -0.39 is 27.7 Å². The number of para-hydroxylation sites is 2. The minimum Gasteiger partial charge on any atom is -0.495 e. The second kappa shape index (κ2) is 6.13.